The Morgan fingerprint density at radius 1 is 0.625 bits per heavy atom. The first kappa shape index (κ1) is 13.8. The topological polar surface area (TPSA) is 55.6 Å². The van der Waals surface area contributed by atoms with Gasteiger partial charge in [-0.1, -0.05) is 36.4 Å². The second-order valence-electron chi connectivity index (χ2n) is 6.50. The number of piperazine rings is 1. The molecule has 1 unspecified atom stereocenters. The summed E-state index contributed by atoms with van der Waals surface area (Å²) in [7, 11) is 0. The lowest BCUT2D eigenvalue weighted by molar-refractivity contribution is 0.359. The molecule has 1 saturated heterocycles. The van der Waals surface area contributed by atoms with E-state index in [4.69, 9.17) is 0 Å². The van der Waals surface area contributed by atoms with E-state index in [1.807, 2.05) is 0 Å². The number of rotatable bonds is 2. The lowest BCUT2D eigenvalue weighted by Crippen LogP contribution is -2.44. The second kappa shape index (κ2) is 5.51. The van der Waals surface area contributed by atoms with Crippen LogP contribution in [0.15, 0.2) is 60.9 Å². The molecule has 120 valence electrons. The summed E-state index contributed by atoms with van der Waals surface area (Å²) in [6.45, 7) is 1.85. The van der Waals surface area contributed by atoms with Crippen molar-refractivity contribution in [1.82, 2.24) is 20.6 Å². The predicted octanol–water partition coefficient (Wildman–Crippen LogP) is 3.62. The Bertz CT molecular complexity index is 907. The number of benzene rings is 2. The Morgan fingerprint density at radius 3 is 1.54 bits per heavy atom. The molecule has 0 spiro atoms. The van der Waals surface area contributed by atoms with Crippen molar-refractivity contribution in [3.63, 3.8) is 0 Å². The molecule has 0 bridgehead atoms. The number of fused-ring (bicyclic) bond motifs is 2. The fourth-order valence-corrected chi connectivity index (χ4v) is 3.87. The zero-order chi connectivity index (χ0) is 15.9. The Balaban J connectivity index is 1.39. The number of nitrogens with one attached hydrogen (secondary N) is 4. The van der Waals surface area contributed by atoms with Crippen LogP contribution in [0.5, 0.6) is 0 Å². The first-order valence-electron chi connectivity index (χ1n) is 8.49. The van der Waals surface area contributed by atoms with Gasteiger partial charge in [-0.05, 0) is 23.3 Å². The number of H-pyrrole nitrogens is 2. The number of para-hydroxylation sites is 2. The minimum absolute atomic E-state index is 0.336. The zero-order valence-electron chi connectivity index (χ0n) is 13.3. The van der Waals surface area contributed by atoms with Gasteiger partial charge in [0.25, 0.3) is 0 Å². The van der Waals surface area contributed by atoms with Crippen molar-refractivity contribution < 1.29 is 0 Å². The van der Waals surface area contributed by atoms with E-state index in [1.54, 1.807) is 0 Å². The molecule has 0 aliphatic carbocycles. The minimum Gasteiger partial charge on any atom is -0.361 e. The van der Waals surface area contributed by atoms with Crippen molar-refractivity contribution in [1.29, 1.82) is 0 Å². The van der Waals surface area contributed by atoms with E-state index < -0.39 is 0 Å². The van der Waals surface area contributed by atoms with Gasteiger partial charge in [-0.25, -0.2) is 0 Å². The summed E-state index contributed by atoms with van der Waals surface area (Å²) in [6, 6.07) is 17.7. The van der Waals surface area contributed by atoms with Crippen molar-refractivity contribution in [3.05, 3.63) is 72.1 Å². The van der Waals surface area contributed by atoms with Gasteiger partial charge in [-0.3, -0.25) is 0 Å². The van der Waals surface area contributed by atoms with Gasteiger partial charge in [0.15, 0.2) is 0 Å². The third-order valence-electron chi connectivity index (χ3n) is 5.13. The molecule has 0 saturated carbocycles. The highest BCUT2D eigenvalue weighted by atomic mass is 15.1. The van der Waals surface area contributed by atoms with Crippen LogP contribution in [-0.4, -0.2) is 23.1 Å². The van der Waals surface area contributed by atoms with Gasteiger partial charge in [0.1, 0.15) is 0 Å². The van der Waals surface area contributed by atoms with Crippen LogP contribution < -0.4 is 10.6 Å². The molecule has 4 N–H and O–H groups in total. The van der Waals surface area contributed by atoms with Crippen LogP contribution in [0.1, 0.15) is 23.2 Å². The van der Waals surface area contributed by atoms with Crippen LogP contribution >= 0.6 is 0 Å². The molecule has 5 rings (SSSR count). The molecule has 2 atom stereocenters. The zero-order valence-corrected chi connectivity index (χ0v) is 13.3. The standard InChI is InChI=1S/C20H20N4/c1-3-7-17-13(5-1)15(9-21-17)19-11-24-20(12-23-19)16-10-22-18-8-4-2-6-14(16)18/h1-10,19-24H,11-12H2/t19-,20?/m0/s1. The van der Waals surface area contributed by atoms with Crippen molar-refractivity contribution in [2.75, 3.05) is 13.1 Å². The van der Waals surface area contributed by atoms with Crippen LogP contribution in [0.4, 0.5) is 0 Å². The Kier molecular flexibility index (Phi) is 3.18. The molecule has 1 aliphatic heterocycles. The maximum atomic E-state index is 3.72. The summed E-state index contributed by atoms with van der Waals surface area (Å²) in [4.78, 5) is 6.75. The molecule has 1 fully saturated rings. The number of aromatic amines is 2. The van der Waals surface area contributed by atoms with E-state index in [-0.39, 0.29) is 0 Å². The van der Waals surface area contributed by atoms with E-state index in [2.05, 4.69) is 81.5 Å². The molecule has 2 aromatic carbocycles. The second-order valence-corrected chi connectivity index (χ2v) is 6.50. The van der Waals surface area contributed by atoms with Crippen LogP contribution in [0.2, 0.25) is 0 Å². The van der Waals surface area contributed by atoms with Gasteiger partial charge >= 0.3 is 0 Å². The third kappa shape index (κ3) is 2.15. The van der Waals surface area contributed by atoms with Gasteiger partial charge in [0.2, 0.25) is 0 Å². The lowest BCUT2D eigenvalue weighted by atomic mass is 9.99. The van der Waals surface area contributed by atoms with E-state index in [9.17, 15) is 0 Å². The third-order valence-corrected chi connectivity index (χ3v) is 5.13. The monoisotopic (exact) mass is 316 g/mol. The van der Waals surface area contributed by atoms with Crippen molar-refractivity contribution in [3.8, 4) is 0 Å². The molecule has 0 radical (unpaired) electrons. The highest BCUT2D eigenvalue weighted by molar-refractivity contribution is 5.84. The number of hydrogen-bond acceptors (Lipinski definition) is 2. The van der Waals surface area contributed by atoms with Gasteiger partial charge in [-0.15, -0.1) is 0 Å². The van der Waals surface area contributed by atoms with Crippen molar-refractivity contribution >= 4 is 21.8 Å². The molecule has 4 aromatic rings. The van der Waals surface area contributed by atoms with Crippen LogP contribution in [-0.2, 0) is 0 Å². The van der Waals surface area contributed by atoms with Crippen molar-refractivity contribution in [2.24, 2.45) is 0 Å². The molecule has 24 heavy (non-hydrogen) atoms. The summed E-state index contributed by atoms with van der Waals surface area (Å²) >= 11 is 0. The quantitative estimate of drug-likeness (QED) is 0.456. The van der Waals surface area contributed by atoms with Crippen LogP contribution in [0.25, 0.3) is 21.8 Å². The fourth-order valence-electron chi connectivity index (χ4n) is 3.87. The summed E-state index contributed by atoms with van der Waals surface area (Å²) in [5, 5.41) is 10.1. The van der Waals surface area contributed by atoms with Gasteiger partial charge in [-0.2, -0.15) is 0 Å². The van der Waals surface area contributed by atoms with E-state index in [1.165, 1.54) is 32.9 Å². The molecule has 4 nitrogen and oxygen atoms in total. The highest BCUT2D eigenvalue weighted by Crippen LogP contribution is 2.29. The minimum atomic E-state index is 0.336. The Labute approximate surface area is 140 Å². The number of aromatic nitrogens is 2. The molecular formula is C20H20N4. The Hall–Kier alpha value is -2.56. The maximum Gasteiger partial charge on any atom is 0.0468 e. The SMILES string of the molecule is c1ccc2c(C3CN[C@H](c4c[nH]c5ccccc45)CN3)c[nH]c2c1. The predicted molar refractivity (Wildman–Crippen MR) is 98.1 cm³/mol. The molecule has 4 heteroatoms. The summed E-state index contributed by atoms with van der Waals surface area (Å²) in [6.07, 6.45) is 4.27. The van der Waals surface area contributed by atoms with Gasteiger partial charge < -0.3 is 20.6 Å². The lowest BCUT2D eigenvalue weighted by Gasteiger charge is -2.31. The van der Waals surface area contributed by atoms with Crippen LogP contribution in [0.3, 0.4) is 0 Å². The van der Waals surface area contributed by atoms with Crippen LogP contribution in [0, 0.1) is 0 Å². The van der Waals surface area contributed by atoms with Gasteiger partial charge in [0.05, 0.1) is 0 Å². The first-order chi connectivity index (χ1) is 11.9. The molecule has 1 aliphatic rings. The maximum absolute atomic E-state index is 3.72. The average molecular weight is 316 g/mol. The summed E-state index contributed by atoms with van der Waals surface area (Å²) < 4.78 is 0. The first-order valence-corrected chi connectivity index (χ1v) is 8.49. The highest BCUT2D eigenvalue weighted by Gasteiger charge is 2.25. The molecule has 2 aromatic heterocycles. The van der Waals surface area contributed by atoms with Gasteiger partial charge in [0, 0.05) is 59.4 Å². The van der Waals surface area contributed by atoms with E-state index >= 15 is 0 Å². The summed E-state index contributed by atoms with van der Waals surface area (Å²) in [5.74, 6) is 0. The molecular weight excluding hydrogens is 296 g/mol. The normalized spacial score (nSPS) is 21.5. The van der Waals surface area contributed by atoms with E-state index in [0.717, 1.165) is 13.1 Å². The summed E-state index contributed by atoms with van der Waals surface area (Å²) in [5.41, 5.74) is 5.09. The average Bonchev–Trinajstić information content (AvgIpc) is 3.26. The Morgan fingerprint density at radius 2 is 1.08 bits per heavy atom. The smallest absolute Gasteiger partial charge is 0.0468 e. The molecule has 3 heterocycles. The number of hydrogen-bond donors (Lipinski definition) is 4. The van der Waals surface area contributed by atoms with E-state index in [0.29, 0.717) is 12.1 Å². The fraction of sp³-hybridized carbons (Fsp3) is 0.200. The molecule has 0 amide bonds. The largest absolute Gasteiger partial charge is 0.361 e. The van der Waals surface area contributed by atoms with Crippen molar-refractivity contribution in [2.45, 2.75) is 12.1 Å².